The summed E-state index contributed by atoms with van der Waals surface area (Å²) in [5.74, 6) is 0.985. The quantitative estimate of drug-likeness (QED) is 0.660. The van der Waals surface area contributed by atoms with Crippen LogP contribution < -0.4 is 5.32 Å². The average molecular weight is 180 g/mol. The number of rotatable bonds is 5. The molecule has 2 nitrogen and oxygen atoms in total. The lowest BCUT2D eigenvalue weighted by Crippen LogP contribution is -2.25. The highest BCUT2D eigenvalue weighted by Crippen LogP contribution is 2.28. The second-order valence-electron chi connectivity index (χ2n) is 4.10. The zero-order valence-electron chi connectivity index (χ0n) is 8.55. The highest BCUT2D eigenvalue weighted by molar-refractivity contribution is 4.85. The van der Waals surface area contributed by atoms with E-state index in [0.717, 1.165) is 12.5 Å². The zero-order valence-corrected chi connectivity index (χ0v) is 8.55. The third kappa shape index (κ3) is 4.28. The van der Waals surface area contributed by atoms with E-state index in [2.05, 4.69) is 11.4 Å². The summed E-state index contributed by atoms with van der Waals surface area (Å²) >= 11 is 0. The largest absolute Gasteiger partial charge is 0.302 e. The van der Waals surface area contributed by atoms with E-state index in [1.54, 1.807) is 0 Å². The molecule has 1 aliphatic carbocycles. The first-order valence-corrected chi connectivity index (χ1v) is 5.46. The molecule has 0 aromatic rings. The summed E-state index contributed by atoms with van der Waals surface area (Å²) in [5.41, 5.74) is 0. The molecule has 0 radical (unpaired) electrons. The fraction of sp³-hybridized carbons (Fsp3) is 0.909. The normalized spacial score (nSPS) is 20.0. The van der Waals surface area contributed by atoms with Crippen LogP contribution in [0.5, 0.6) is 0 Å². The fourth-order valence-electron chi connectivity index (χ4n) is 2.05. The molecule has 13 heavy (non-hydrogen) atoms. The van der Waals surface area contributed by atoms with Crippen LogP contribution in [0.25, 0.3) is 0 Å². The Bertz CT molecular complexity index is 165. The van der Waals surface area contributed by atoms with Crippen molar-refractivity contribution in [1.29, 1.82) is 5.26 Å². The molecule has 1 saturated carbocycles. The molecule has 2 heteroatoms. The van der Waals surface area contributed by atoms with E-state index in [4.69, 9.17) is 5.26 Å². The van der Waals surface area contributed by atoms with Gasteiger partial charge in [0.2, 0.25) is 0 Å². The van der Waals surface area contributed by atoms with Gasteiger partial charge in [0, 0.05) is 0 Å². The molecule has 1 fully saturated rings. The van der Waals surface area contributed by atoms with Crippen LogP contribution in [0, 0.1) is 17.2 Å². The summed E-state index contributed by atoms with van der Waals surface area (Å²) in [6.07, 6.45) is 8.34. The van der Waals surface area contributed by atoms with Gasteiger partial charge in [0.15, 0.2) is 0 Å². The molecule has 0 aromatic heterocycles. The van der Waals surface area contributed by atoms with Gasteiger partial charge in [-0.2, -0.15) is 5.26 Å². The molecule has 0 aliphatic heterocycles. The Hall–Kier alpha value is -0.550. The van der Waals surface area contributed by atoms with Crippen LogP contribution in [0.2, 0.25) is 0 Å². The van der Waals surface area contributed by atoms with Gasteiger partial charge >= 0.3 is 0 Å². The molecular weight excluding hydrogens is 160 g/mol. The molecule has 1 atom stereocenters. The molecule has 1 aliphatic rings. The van der Waals surface area contributed by atoms with Crippen molar-refractivity contribution in [3.63, 3.8) is 0 Å². The molecular formula is C11H20N2. The van der Waals surface area contributed by atoms with Gasteiger partial charge in [-0.15, -0.1) is 0 Å². The number of nitriles is 1. The van der Waals surface area contributed by atoms with Crippen LogP contribution in [0.1, 0.15) is 45.4 Å². The monoisotopic (exact) mass is 180 g/mol. The molecule has 0 spiro atoms. The van der Waals surface area contributed by atoms with Crippen LogP contribution in [-0.2, 0) is 0 Å². The maximum atomic E-state index is 8.53. The third-order valence-corrected chi connectivity index (χ3v) is 2.91. The summed E-state index contributed by atoms with van der Waals surface area (Å²) in [5, 5.41) is 11.7. The van der Waals surface area contributed by atoms with Crippen molar-refractivity contribution in [1.82, 2.24) is 5.32 Å². The molecule has 1 N–H and O–H groups in total. The maximum Gasteiger partial charge on any atom is 0.0924 e. The second-order valence-corrected chi connectivity index (χ2v) is 4.10. The van der Waals surface area contributed by atoms with Gasteiger partial charge < -0.3 is 5.32 Å². The molecule has 0 saturated heterocycles. The molecule has 0 aromatic carbocycles. The summed E-state index contributed by atoms with van der Waals surface area (Å²) < 4.78 is 0. The second kappa shape index (κ2) is 5.99. The molecule has 1 rings (SSSR count). The Balaban J connectivity index is 1.92. The van der Waals surface area contributed by atoms with Crippen molar-refractivity contribution in [2.24, 2.45) is 5.92 Å². The van der Waals surface area contributed by atoms with Crippen molar-refractivity contribution < 1.29 is 0 Å². The molecule has 74 valence electrons. The van der Waals surface area contributed by atoms with Crippen molar-refractivity contribution >= 4 is 0 Å². The van der Waals surface area contributed by atoms with Crippen molar-refractivity contribution in [2.45, 2.75) is 51.5 Å². The van der Waals surface area contributed by atoms with E-state index >= 15 is 0 Å². The van der Waals surface area contributed by atoms with E-state index in [1.807, 2.05) is 6.92 Å². The van der Waals surface area contributed by atoms with Crippen LogP contribution in [0.3, 0.4) is 0 Å². The number of hydrogen-bond donors (Lipinski definition) is 1. The first-order valence-electron chi connectivity index (χ1n) is 5.46. The highest BCUT2D eigenvalue weighted by Gasteiger charge is 2.13. The van der Waals surface area contributed by atoms with Gasteiger partial charge in [0.05, 0.1) is 12.1 Å². The first-order chi connectivity index (χ1) is 6.33. The minimum atomic E-state index is 0.0172. The fourth-order valence-corrected chi connectivity index (χ4v) is 2.05. The predicted molar refractivity (Wildman–Crippen MR) is 54.3 cm³/mol. The smallest absolute Gasteiger partial charge is 0.0924 e. The van der Waals surface area contributed by atoms with Crippen molar-refractivity contribution in [2.75, 3.05) is 6.54 Å². The van der Waals surface area contributed by atoms with E-state index < -0.39 is 0 Å². The van der Waals surface area contributed by atoms with Gasteiger partial charge in [-0.1, -0.05) is 25.7 Å². The summed E-state index contributed by atoms with van der Waals surface area (Å²) in [4.78, 5) is 0. The van der Waals surface area contributed by atoms with Gasteiger partial charge in [0.25, 0.3) is 0 Å². The Morgan fingerprint density at radius 1 is 1.46 bits per heavy atom. The van der Waals surface area contributed by atoms with Gasteiger partial charge in [0.1, 0.15) is 0 Å². The number of nitrogens with one attached hydrogen (secondary N) is 1. The zero-order chi connectivity index (χ0) is 9.52. The summed E-state index contributed by atoms with van der Waals surface area (Å²) in [6, 6.07) is 2.20. The van der Waals surface area contributed by atoms with E-state index in [0.29, 0.717) is 0 Å². The van der Waals surface area contributed by atoms with E-state index in [-0.39, 0.29) is 6.04 Å². The number of nitrogens with zero attached hydrogens (tertiary/aromatic N) is 1. The first kappa shape index (κ1) is 10.5. The summed E-state index contributed by atoms with van der Waals surface area (Å²) in [7, 11) is 0. The Labute approximate surface area is 81.3 Å². The average Bonchev–Trinajstić information content (AvgIpc) is 2.64. The lowest BCUT2D eigenvalue weighted by atomic mass is 10.0. The molecule has 1 unspecified atom stereocenters. The minimum Gasteiger partial charge on any atom is -0.302 e. The maximum absolute atomic E-state index is 8.53. The van der Waals surface area contributed by atoms with Crippen LogP contribution in [0.15, 0.2) is 0 Å². The summed E-state index contributed by atoms with van der Waals surface area (Å²) in [6.45, 7) is 2.92. The van der Waals surface area contributed by atoms with Crippen LogP contribution >= 0.6 is 0 Å². The molecule has 0 bridgehead atoms. The third-order valence-electron chi connectivity index (χ3n) is 2.91. The highest BCUT2D eigenvalue weighted by atomic mass is 14.9. The lowest BCUT2D eigenvalue weighted by molar-refractivity contribution is 0.466. The number of hydrogen-bond acceptors (Lipinski definition) is 2. The Morgan fingerprint density at radius 3 is 2.77 bits per heavy atom. The standard InChI is InChI=1S/C11H20N2/c1-10(9-12)13-8-4-7-11-5-2-3-6-11/h10-11,13H,2-8H2,1H3. The molecule has 0 heterocycles. The SMILES string of the molecule is CC(C#N)NCCCC1CCCC1. The van der Waals surface area contributed by atoms with E-state index in [9.17, 15) is 0 Å². The predicted octanol–water partition coefficient (Wildman–Crippen LogP) is 2.46. The molecule has 0 amide bonds. The van der Waals surface area contributed by atoms with E-state index in [1.165, 1.54) is 38.5 Å². The van der Waals surface area contributed by atoms with Gasteiger partial charge in [-0.3, -0.25) is 0 Å². The van der Waals surface area contributed by atoms with Crippen molar-refractivity contribution in [3.8, 4) is 6.07 Å². The Kier molecular flexibility index (Phi) is 4.85. The Morgan fingerprint density at radius 2 is 2.15 bits per heavy atom. The van der Waals surface area contributed by atoms with Gasteiger partial charge in [-0.25, -0.2) is 0 Å². The van der Waals surface area contributed by atoms with Gasteiger partial charge in [-0.05, 0) is 32.2 Å². The van der Waals surface area contributed by atoms with Crippen LogP contribution in [-0.4, -0.2) is 12.6 Å². The van der Waals surface area contributed by atoms with Crippen LogP contribution in [0.4, 0.5) is 0 Å². The minimum absolute atomic E-state index is 0.0172. The topological polar surface area (TPSA) is 35.8 Å². The lowest BCUT2D eigenvalue weighted by Gasteiger charge is -2.09. The van der Waals surface area contributed by atoms with Crippen molar-refractivity contribution in [3.05, 3.63) is 0 Å².